The third-order valence-corrected chi connectivity index (χ3v) is 6.38. The third-order valence-electron chi connectivity index (χ3n) is 6.38. The van der Waals surface area contributed by atoms with Gasteiger partial charge in [-0.05, 0) is 69.9 Å². The number of amides is 3. The molecule has 9 heteroatoms. The summed E-state index contributed by atoms with van der Waals surface area (Å²) in [5.41, 5.74) is 0.629. The van der Waals surface area contributed by atoms with Crippen LogP contribution in [0, 0.1) is 12.8 Å². The fourth-order valence-corrected chi connectivity index (χ4v) is 4.14. The smallest absolute Gasteiger partial charge is 0.408 e. The van der Waals surface area contributed by atoms with Crippen LogP contribution in [-0.2, 0) is 14.3 Å². The molecule has 39 heavy (non-hydrogen) atoms. The quantitative estimate of drug-likeness (QED) is 0.343. The summed E-state index contributed by atoms with van der Waals surface area (Å²) in [6.07, 6.45) is 0.435. The molecule has 0 radical (unpaired) electrons. The first-order valence-electron chi connectivity index (χ1n) is 13.4. The van der Waals surface area contributed by atoms with Crippen molar-refractivity contribution in [3.05, 3.63) is 53.6 Å². The second-order valence-electron chi connectivity index (χ2n) is 10.7. The van der Waals surface area contributed by atoms with Crippen molar-refractivity contribution >= 4 is 23.6 Å². The van der Waals surface area contributed by atoms with Crippen molar-refractivity contribution in [1.82, 2.24) is 10.2 Å². The van der Waals surface area contributed by atoms with E-state index in [1.165, 1.54) is 4.90 Å². The van der Waals surface area contributed by atoms with Crippen molar-refractivity contribution in [3.63, 3.8) is 0 Å². The van der Waals surface area contributed by atoms with E-state index in [4.69, 9.17) is 9.47 Å². The maximum atomic E-state index is 14.2. The zero-order valence-corrected chi connectivity index (χ0v) is 24.3. The number of aryl methyl sites for hydroxylation is 1. The molecule has 0 saturated carbocycles. The largest absolute Gasteiger partial charge is 0.507 e. The molecular formula is C30H43N3O6. The topological polar surface area (TPSA) is 117 Å². The zero-order chi connectivity index (χ0) is 29.3. The summed E-state index contributed by atoms with van der Waals surface area (Å²) in [6, 6.07) is 9.82. The SMILES string of the molecule is CCCN(C(=O)C(NC(=O)OC(C)(C)C)C(C)CC)C(C(=O)Nc1ccc(OC)cc1)c1cccc(C)c1O. The standard InChI is InChI=1S/C30H43N3O6/c1-9-18-33(28(36)24(19(3)10-2)32-29(37)39-30(5,6)7)25(23-13-11-12-20(4)26(23)34)27(35)31-21-14-16-22(38-8)17-15-21/h11-17,19,24-25,34H,9-10,18H2,1-8H3,(H,31,35)(H,32,37). The molecule has 2 aromatic carbocycles. The van der Waals surface area contributed by atoms with E-state index in [1.807, 2.05) is 20.8 Å². The van der Waals surface area contributed by atoms with Gasteiger partial charge < -0.3 is 30.1 Å². The van der Waals surface area contributed by atoms with Gasteiger partial charge in [0.1, 0.15) is 29.2 Å². The molecule has 0 aliphatic carbocycles. The van der Waals surface area contributed by atoms with E-state index >= 15 is 0 Å². The van der Waals surface area contributed by atoms with Gasteiger partial charge in [-0.2, -0.15) is 0 Å². The highest BCUT2D eigenvalue weighted by atomic mass is 16.6. The number of benzene rings is 2. The number of phenolic OH excluding ortho intramolecular Hbond substituents is 1. The van der Waals surface area contributed by atoms with E-state index in [0.717, 1.165) is 0 Å². The van der Waals surface area contributed by atoms with E-state index in [0.29, 0.717) is 35.4 Å². The number of hydrogen-bond acceptors (Lipinski definition) is 6. The van der Waals surface area contributed by atoms with Gasteiger partial charge in [-0.15, -0.1) is 0 Å². The Bertz CT molecular complexity index is 1130. The van der Waals surface area contributed by atoms with Crippen LogP contribution in [0.2, 0.25) is 0 Å². The van der Waals surface area contributed by atoms with Gasteiger partial charge in [0.05, 0.1) is 7.11 Å². The lowest BCUT2D eigenvalue weighted by molar-refractivity contribution is -0.142. The van der Waals surface area contributed by atoms with Gasteiger partial charge in [-0.3, -0.25) is 9.59 Å². The van der Waals surface area contributed by atoms with Gasteiger partial charge in [0.2, 0.25) is 5.91 Å². The number of para-hydroxylation sites is 1. The molecule has 0 bridgehead atoms. The molecule has 0 aromatic heterocycles. The fraction of sp³-hybridized carbons (Fsp3) is 0.500. The summed E-state index contributed by atoms with van der Waals surface area (Å²) >= 11 is 0. The molecule has 2 aromatic rings. The number of ether oxygens (including phenoxy) is 2. The molecule has 0 fully saturated rings. The molecule has 3 amide bonds. The van der Waals surface area contributed by atoms with Crippen LogP contribution in [0.5, 0.6) is 11.5 Å². The Kier molecular flexibility index (Phi) is 11.2. The lowest BCUT2D eigenvalue weighted by Crippen LogP contribution is -2.54. The molecule has 0 aliphatic rings. The van der Waals surface area contributed by atoms with Crippen molar-refractivity contribution < 1.29 is 29.0 Å². The number of phenols is 1. The second kappa shape index (κ2) is 13.9. The molecule has 0 aliphatic heterocycles. The fourth-order valence-electron chi connectivity index (χ4n) is 4.14. The third kappa shape index (κ3) is 8.63. The summed E-state index contributed by atoms with van der Waals surface area (Å²) in [6.45, 7) is 12.9. The Labute approximate surface area is 231 Å². The molecule has 3 atom stereocenters. The van der Waals surface area contributed by atoms with E-state index in [-0.39, 0.29) is 18.2 Å². The molecule has 3 N–H and O–H groups in total. The highest BCUT2D eigenvalue weighted by molar-refractivity contribution is 5.99. The maximum absolute atomic E-state index is 14.2. The van der Waals surface area contributed by atoms with Crippen LogP contribution < -0.4 is 15.4 Å². The van der Waals surface area contributed by atoms with E-state index < -0.39 is 35.6 Å². The predicted octanol–water partition coefficient (Wildman–Crippen LogP) is 5.57. The maximum Gasteiger partial charge on any atom is 0.408 e. The predicted molar refractivity (Wildman–Crippen MR) is 152 cm³/mol. The normalized spacial score (nSPS) is 13.5. The molecule has 0 heterocycles. The number of aromatic hydroxyl groups is 1. The van der Waals surface area contributed by atoms with Crippen molar-refractivity contribution in [3.8, 4) is 11.5 Å². The number of nitrogens with one attached hydrogen (secondary N) is 2. The molecule has 9 nitrogen and oxygen atoms in total. The van der Waals surface area contributed by atoms with Crippen molar-refractivity contribution in [2.75, 3.05) is 19.0 Å². The Hall–Kier alpha value is -3.75. The summed E-state index contributed by atoms with van der Waals surface area (Å²) in [5.74, 6) is -0.619. The first-order valence-corrected chi connectivity index (χ1v) is 13.4. The summed E-state index contributed by atoms with van der Waals surface area (Å²) < 4.78 is 10.6. The number of hydrogen-bond donors (Lipinski definition) is 3. The first kappa shape index (κ1) is 31.5. The van der Waals surface area contributed by atoms with Gasteiger partial charge in [0.15, 0.2) is 0 Å². The Morgan fingerprint density at radius 1 is 1.05 bits per heavy atom. The van der Waals surface area contributed by atoms with Crippen molar-refractivity contribution in [2.24, 2.45) is 5.92 Å². The molecular weight excluding hydrogens is 498 g/mol. The lowest BCUT2D eigenvalue weighted by atomic mass is 9.94. The Morgan fingerprint density at radius 2 is 1.69 bits per heavy atom. The average molecular weight is 542 g/mol. The van der Waals surface area contributed by atoms with Gasteiger partial charge in [-0.25, -0.2) is 4.79 Å². The minimum Gasteiger partial charge on any atom is -0.507 e. The number of methoxy groups -OCH3 is 1. The van der Waals surface area contributed by atoms with Gasteiger partial charge >= 0.3 is 6.09 Å². The first-order chi connectivity index (χ1) is 18.3. The zero-order valence-electron chi connectivity index (χ0n) is 24.3. The van der Waals surface area contributed by atoms with Crippen LogP contribution in [0.1, 0.15) is 71.6 Å². The molecule has 0 spiro atoms. The number of alkyl carbamates (subject to hydrolysis) is 1. The highest BCUT2D eigenvalue weighted by Gasteiger charge is 2.39. The highest BCUT2D eigenvalue weighted by Crippen LogP contribution is 2.34. The van der Waals surface area contributed by atoms with Crippen LogP contribution in [0.4, 0.5) is 10.5 Å². The lowest BCUT2D eigenvalue weighted by Gasteiger charge is -2.36. The van der Waals surface area contributed by atoms with Crippen LogP contribution >= 0.6 is 0 Å². The van der Waals surface area contributed by atoms with Crippen LogP contribution in [0.15, 0.2) is 42.5 Å². The monoisotopic (exact) mass is 541 g/mol. The van der Waals surface area contributed by atoms with E-state index in [2.05, 4.69) is 10.6 Å². The minimum absolute atomic E-state index is 0.0681. The second-order valence-corrected chi connectivity index (χ2v) is 10.7. The summed E-state index contributed by atoms with van der Waals surface area (Å²) in [7, 11) is 1.55. The van der Waals surface area contributed by atoms with Crippen molar-refractivity contribution in [1.29, 1.82) is 0 Å². The van der Waals surface area contributed by atoms with E-state index in [1.54, 1.807) is 77.3 Å². The molecule has 2 rings (SSSR count). The number of carbonyl (C=O) groups is 3. The molecule has 0 saturated heterocycles. The van der Waals surface area contributed by atoms with Gasteiger partial charge in [-0.1, -0.05) is 45.4 Å². The van der Waals surface area contributed by atoms with Gasteiger partial charge in [0, 0.05) is 17.8 Å². The number of rotatable bonds is 11. The van der Waals surface area contributed by atoms with Crippen LogP contribution in [0.3, 0.4) is 0 Å². The Balaban J connectivity index is 2.56. The molecule has 3 unspecified atom stereocenters. The Morgan fingerprint density at radius 3 is 2.23 bits per heavy atom. The van der Waals surface area contributed by atoms with Gasteiger partial charge in [0.25, 0.3) is 5.91 Å². The van der Waals surface area contributed by atoms with Crippen LogP contribution in [-0.4, -0.2) is 53.2 Å². The number of nitrogens with zero attached hydrogens (tertiary/aromatic N) is 1. The van der Waals surface area contributed by atoms with E-state index in [9.17, 15) is 19.5 Å². The number of carbonyl (C=O) groups excluding carboxylic acids is 3. The number of anilines is 1. The summed E-state index contributed by atoms with van der Waals surface area (Å²) in [4.78, 5) is 42.2. The summed E-state index contributed by atoms with van der Waals surface area (Å²) in [5, 5.41) is 16.6. The minimum atomic E-state index is -1.16. The average Bonchev–Trinajstić information content (AvgIpc) is 2.88. The molecule has 214 valence electrons. The van der Waals surface area contributed by atoms with Crippen molar-refractivity contribution in [2.45, 2.75) is 79.0 Å². The van der Waals surface area contributed by atoms with Crippen LogP contribution in [0.25, 0.3) is 0 Å².